The Morgan fingerprint density at radius 2 is 0.889 bits per heavy atom. The molecule has 9 heteroatoms. The van der Waals surface area contributed by atoms with Crippen LogP contribution in [0.1, 0.15) is 0 Å². The maximum atomic E-state index is 4.92. The molecule has 48 valence electrons. The van der Waals surface area contributed by atoms with Gasteiger partial charge in [0.25, 0.3) is 0 Å². The van der Waals surface area contributed by atoms with Crippen LogP contribution < -0.4 is 0 Å². The molecule has 0 atom stereocenters. The fraction of sp³-hybridized carbons (Fsp3) is 0. The van der Waals surface area contributed by atoms with E-state index in [9.17, 15) is 0 Å². The quantitative estimate of drug-likeness (QED) is 0.628. The molecule has 1 rings (SSSR count). The average molecular weight is 320 g/mol. The second-order valence-corrected chi connectivity index (χ2v) is 3.47. The van der Waals surface area contributed by atoms with Crippen molar-refractivity contribution in [3.63, 3.8) is 0 Å². The van der Waals surface area contributed by atoms with Gasteiger partial charge in [-0.2, -0.15) is 0 Å². The van der Waals surface area contributed by atoms with Crippen LogP contribution >= 0.6 is 47.3 Å². The summed E-state index contributed by atoms with van der Waals surface area (Å²) >= 11 is 9.25. The molecule has 1 saturated heterocycles. The Morgan fingerprint density at radius 3 is 1.11 bits per heavy atom. The van der Waals surface area contributed by atoms with Gasteiger partial charge in [-0.3, -0.25) is 0 Å². The molecule has 0 unspecified atom stereocenters. The molecule has 1 fully saturated rings. The molecule has 0 aromatic heterocycles. The topological polar surface area (TPSA) is 27.7 Å². The molecule has 0 bridgehead atoms. The zero-order valence-corrected chi connectivity index (χ0v) is 8.85. The van der Waals surface area contributed by atoms with Gasteiger partial charge in [0.15, 0.2) is 0 Å². The summed E-state index contributed by atoms with van der Waals surface area (Å²) in [6.07, 6.45) is 0. The Labute approximate surface area is 78.5 Å². The standard InChI is InChI=1S/B3Br3O3/c4-1-7-2(5)9-3(6)8-1. The Kier molecular flexibility index (Phi) is 3.61. The van der Waals surface area contributed by atoms with Crippen molar-refractivity contribution in [2.45, 2.75) is 0 Å². The fourth-order valence-electron chi connectivity index (χ4n) is 0.349. The molecule has 0 aromatic carbocycles. The number of hydrogen-bond acceptors (Lipinski definition) is 3. The highest BCUT2D eigenvalue weighted by molar-refractivity contribution is 9.26. The molecule has 0 saturated carbocycles. The Bertz CT molecular complexity index is 75.3. The molecule has 0 aromatic rings. The van der Waals surface area contributed by atoms with Crippen molar-refractivity contribution in [1.82, 2.24) is 0 Å². The van der Waals surface area contributed by atoms with E-state index in [1.165, 1.54) is 0 Å². The number of halogens is 3. The van der Waals surface area contributed by atoms with Crippen LogP contribution in [0.5, 0.6) is 0 Å². The summed E-state index contributed by atoms with van der Waals surface area (Å²) in [6.45, 7) is 0. The van der Waals surface area contributed by atoms with Crippen LogP contribution in [0.4, 0.5) is 0 Å². The lowest BCUT2D eigenvalue weighted by Gasteiger charge is -2.21. The third kappa shape index (κ3) is 2.94. The maximum absolute atomic E-state index is 4.92. The fourth-order valence-corrected chi connectivity index (χ4v) is 2.39. The van der Waals surface area contributed by atoms with E-state index in [4.69, 9.17) is 13.7 Å². The molecule has 9 heavy (non-hydrogen) atoms. The van der Waals surface area contributed by atoms with Gasteiger partial charge in [-0.1, -0.05) is 47.3 Å². The minimum atomic E-state index is -0.417. The molecule has 0 aliphatic carbocycles. The van der Waals surface area contributed by atoms with Crippen molar-refractivity contribution < 1.29 is 13.7 Å². The molecular weight excluding hydrogens is 320 g/mol. The maximum Gasteiger partial charge on any atom is 0.513 e. The highest BCUT2D eigenvalue weighted by atomic mass is 79.9. The van der Waals surface area contributed by atoms with Gasteiger partial charge >= 0.3 is 17.8 Å². The van der Waals surface area contributed by atoms with Crippen molar-refractivity contribution >= 4 is 65.1 Å². The molecule has 1 aliphatic rings. The van der Waals surface area contributed by atoms with Crippen molar-refractivity contribution in [2.24, 2.45) is 0 Å². The minimum Gasteiger partial charge on any atom is -0.433 e. The van der Waals surface area contributed by atoms with Crippen LogP contribution in [0.3, 0.4) is 0 Å². The van der Waals surface area contributed by atoms with Gasteiger partial charge < -0.3 is 13.7 Å². The lowest BCUT2D eigenvalue weighted by Crippen LogP contribution is -2.40. The van der Waals surface area contributed by atoms with Crippen LogP contribution in [0.25, 0.3) is 0 Å². The minimum absolute atomic E-state index is 0.417. The summed E-state index contributed by atoms with van der Waals surface area (Å²) in [5, 5.41) is 0. The Balaban J connectivity index is 2.34. The highest BCUT2D eigenvalue weighted by Gasteiger charge is 2.36. The highest BCUT2D eigenvalue weighted by Crippen LogP contribution is 2.17. The molecule has 1 aliphatic heterocycles. The monoisotopic (exact) mass is 318 g/mol. The van der Waals surface area contributed by atoms with Crippen molar-refractivity contribution in [3.8, 4) is 0 Å². The Hall–Kier alpha value is 1.51. The molecule has 1 heterocycles. The number of hydrogen-bond donors (Lipinski definition) is 0. The lowest BCUT2D eigenvalue weighted by atomic mass is 10.1. The summed E-state index contributed by atoms with van der Waals surface area (Å²) in [4.78, 5) is 0. The smallest absolute Gasteiger partial charge is 0.433 e. The first-order valence-corrected chi connectivity index (χ1v) is 4.82. The molecule has 0 radical (unpaired) electrons. The summed E-state index contributed by atoms with van der Waals surface area (Å²) in [7, 11) is 0. The third-order valence-electron chi connectivity index (χ3n) is 0.642. The van der Waals surface area contributed by atoms with E-state index in [0.717, 1.165) is 0 Å². The van der Waals surface area contributed by atoms with Crippen molar-refractivity contribution in [2.75, 3.05) is 0 Å². The second kappa shape index (κ2) is 3.78. The van der Waals surface area contributed by atoms with Crippen molar-refractivity contribution in [3.05, 3.63) is 0 Å². The largest absolute Gasteiger partial charge is 0.513 e. The normalized spacial score (nSPS) is 21.0. The van der Waals surface area contributed by atoms with E-state index in [0.29, 0.717) is 0 Å². The number of rotatable bonds is 0. The Morgan fingerprint density at radius 1 is 0.667 bits per heavy atom. The zero-order chi connectivity index (χ0) is 6.85. The van der Waals surface area contributed by atoms with Gasteiger partial charge in [0.1, 0.15) is 0 Å². The average Bonchev–Trinajstić information content (AvgIpc) is 1.59. The second-order valence-electron chi connectivity index (χ2n) is 1.23. The van der Waals surface area contributed by atoms with E-state index in [1.54, 1.807) is 0 Å². The van der Waals surface area contributed by atoms with Crippen LogP contribution in [-0.4, -0.2) is 17.8 Å². The van der Waals surface area contributed by atoms with Gasteiger partial charge in [-0.15, -0.1) is 0 Å². The van der Waals surface area contributed by atoms with E-state index >= 15 is 0 Å². The van der Waals surface area contributed by atoms with Gasteiger partial charge in [0, 0.05) is 0 Å². The predicted octanol–water partition coefficient (Wildman–Crippen LogP) is 1.19. The lowest BCUT2D eigenvalue weighted by molar-refractivity contribution is 0.333. The SMILES string of the molecule is BrB1OB(Br)OB(Br)O1. The molecule has 0 N–H and O–H groups in total. The predicted molar refractivity (Wildman–Crippen MR) is 47.3 cm³/mol. The van der Waals surface area contributed by atoms with Crippen LogP contribution in [0.15, 0.2) is 0 Å². The first-order valence-electron chi connectivity index (χ1n) is 2.07. The van der Waals surface area contributed by atoms with Crippen LogP contribution in [0, 0.1) is 0 Å². The molecule has 0 amide bonds. The first-order chi connectivity index (χ1) is 4.18. The van der Waals surface area contributed by atoms with E-state index in [1.807, 2.05) is 0 Å². The summed E-state index contributed by atoms with van der Waals surface area (Å²) in [5.74, 6) is -1.25. The zero-order valence-electron chi connectivity index (χ0n) is 4.09. The van der Waals surface area contributed by atoms with Gasteiger partial charge in [-0.05, 0) is 0 Å². The summed E-state index contributed by atoms with van der Waals surface area (Å²) < 4.78 is 14.7. The molecule has 3 nitrogen and oxygen atoms in total. The van der Waals surface area contributed by atoms with E-state index in [2.05, 4.69) is 47.3 Å². The van der Waals surface area contributed by atoms with Gasteiger partial charge in [0.05, 0.1) is 0 Å². The summed E-state index contributed by atoms with van der Waals surface area (Å²) in [6, 6.07) is 0. The first kappa shape index (κ1) is 8.61. The van der Waals surface area contributed by atoms with Gasteiger partial charge in [0.2, 0.25) is 0 Å². The molecule has 0 spiro atoms. The van der Waals surface area contributed by atoms with E-state index in [-0.39, 0.29) is 0 Å². The molecular formula is B3Br3O3. The van der Waals surface area contributed by atoms with E-state index < -0.39 is 17.8 Å². The third-order valence-corrected chi connectivity index (χ3v) is 1.94. The van der Waals surface area contributed by atoms with Gasteiger partial charge in [-0.25, -0.2) is 0 Å². The van der Waals surface area contributed by atoms with Crippen LogP contribution in [0.2, 0.25) is 0 Å². The van der Waals surface area contributed by atoms with Crippen LogP contribution in [-0.2, 0) is 13.7 Å². The summed E-state index contributed by atoms with van der Waals surface area (Å²) in [5.41, 5.74) is 0. The van der Waals surface area contributed by atoms with Crippen molar-refractivity contribution in [1.29, 1.82) is 0 Å².